The number of para-hydroxylation sites is 1. The lowest BCUT2D eigenvalue weighted by Crippen LogP contribution is -2.11. The lowest BCUT2D eigenvalue weighted by molar-refractivity contribution is 1.28. The highest BCUT2D eigenvalue weighted by atomic mass is 15.1. The van der Waals surface area contributed by atoms with Gasteiger partial charge in [0.1, 0.15) is 0 Å². The fraction of sp³-hybridized carbons (Fsp3) is 0. The summed E-state index contributed by atoms with van der Waals surface area (Å²) in [4.78, 5) is 2.41. The Labute approximate surface area is 346 Å². The van der Waals surface area contributed by atoms with Crippen LogP contribution in [0.3, 0.4) is 0 Å². The molecule has 10 rings (SSSR count). The standard InChI is InChI=1S/C58H41N/c1-4-17-42(18-5-1)44-33-37-50(38-34-44)59(51-39-35-45(36-40-51)49-32-31-43-19-10-11-24-48(43)41-49)57-30-15-14-26-54(57)56-29-16-28-53(47-22-8-3-9-23-47)58(56)55-27-13-12-25-52(55)46-20-6-2-7-21-46/h1-41H. The van der Waals surface area contributed by atoms with Crippen molar-refractivity contribution in [3.05, 3.63) is 249 Å². The summed E-state index contributed by atoms with van der Waals surface area (Å²) in [5.74, 6) is 0. The zero-order chi connectivity index (χ0) is 39.4. The normalized spacial score (nSPS) is 11.1. The smallest absolute Gasteiger partial charge is 0.0540 e. The lowest BCUT2D eigenvalue weighted by Gasteiger charge is -2.29. The van der Waals surface area contributed by atoms with Gasteiger partial charge in [-0.15, -0.1) is 0 Å². The molecule has 1 heteroatoms. The van der Waals surface area contributed by atoms with Crippen LogP contribution in [0.5, 0.6) is 0 Å². The van der Waals surface area contributed by atoms with Crippen molar-refractivity contribution in [1.29, 1.82) is 0 Å². The van der Waals surface area contributed by atoms with E-state index in [1.54, 1.807) is 0 Å². The minimum atomic E-state index is 1.08. The molecule has 0 amide bonds. The third-order valence-electron chi connectivity index (χ3n) is 11.3. The molecule has 0 aliphatic heterocycles. The van der Waals surface area contributed by atoms with Crippen molar-refractivity contribution in [1.82, 2.24) is 0 Å². The molecule has 0 atom stereocenters. The van der Waals surface area contributed by atoms with Gasteiger partial charge in [-0.3, -0.25) is 0 Å². The summed E-state index contributed by atoms with van der Waals surface area (Å²) in [6.45, 7) is 0. The van der Waals surface area contributed by atoms with Crippen molar-refractivity contribution >= 4 is 27.8 Å². The fourth-order valence-corrected chi connectivity index (χ4v) is 8.42. The van der Waals surface area contributed by atoms with Gasteiger partial charge in [0.05, 0.1) is 5.69 Å². The Balaban J connectivity index is 1.17. The molecule has 0 aliphatic carbocycles. The van der Waals surface area contributed by atoms with Gasteiger partial charge < -0.3 is 4.90 Å². The first-order valence-corrected chi connectivity index (χ1v) is 20.3. The molecule has 10 aromatic carbocycles. The number of nitrogens with zero attached hydrogens (tertiary/aromatic N) is 1. The molecule has 0 radical (unpaired) electrons. The minimum Gasteiger partial charge on any atom is -0.310 e. The maximum absolute atomic E-state index is 2.41. The maximum atomic E-state index is 2.41. The summed E-state index contributed by atoms with van der Waals surface area (Å²) >= 11 is 0. The second kappa shape index (κ2) is 16.0. The second-order valence-electron chi connectivity index (χ2n) is 14.9. The molecule has 0 N–H and O–H groups in total. The van der Waals surface area contributed by atoms with Crippen LogP contribution >= 0.6 is 0 Å². The van der Waals surface area contributed by atoms with Crippen LogP contribution in [0.15, 0.2) is 249 Å². The van der Waals surface area contributed by atoms with Crippen LogP contribution in [0, 0.1) is 0 Å². The molecule has 59 heavy (non-hydrogen) atoms. The fourth-order valence-electron chi connectivity index (χ4n) is 8.42. The first kappa shape index (κ1) is 35.7. The molecule has 0 heterocycles. The van der Waals surface area contributed by atoms with Crippen molar-refractivity contribution in [2.45, 2.75) is 0 Å². The maximum Gasteiger partial charge on any atom is 0.0540 e. The summed E-state index contributed by atoms with van der Waals surface area (Å²) in [6, 6.07) is 89.9. The number of rotatable bonds is 9. The predicted octanol–water partition coefficient (Wildman–Crippen LogP) is 16.3. The van der Waals surface area contributed by atoms with E-state index in [0.29, 0.717) is 0 Å². The Kier molecular flexibility index (Phi) is 9.68. The quantitative estimate of drug-likeness (QED) is 0.142. The lowest BCUT2D eigenvalue weighted by atomic mass is 9.84. The zero-order valence-electron chi connectivity index (χ0n) is 32.6. The van der Waals surface area contributed by atoms with E-state index in [2.05, 4.69) is 254 Å². The number of fused-ring (bicyclic) bond motifs is 1. The molecule has 0 aliphatic rings. The molecule has 0 bridgehead atoms. The molecular weight excluding hydrogens is 711 g/mol. The molecule has 0 spiro atoms. The Hall–Kier alpha value is -7.74. The van der Waals surface area contributed by atoms with Gasteiger partial charge in [0, 0.05) is 16.9 Å². The van der Waals surface area contributed by atoms with Crippen LogP contribution in [-0.4, -0.2) is 0 Å². The zero-order valence-corrected chi connectivity index (χ0v) is 32.6. The molecule has 10 aromatic rings. The van der Waals surface area contributed by atoms with Gasteiger partial charge in [0.2, 0.25) is 0 Å². The van der Waals surface area contributed by atoms with E-state index in [1.807, 2.05) is 0 Å². The van der Waals surface area contributed by atoms with E-state index in [1.165, 1.54) is 72.0 Å². The average Bonchev–Trinajstić information content (AvgIpc) is 3.33. The van der Waals surface area contributed by atoms with Crippen molar-refractivity contribution in [3.8, 4) is 66.8 Å². The monoisotopic (exact) mass is 751 g/mol. The van der Waals surface area contributed by atoms with Crippen molar-refractivity contribution < 1.29 is 0 Å². The van der Waals surface area contributed by atoms with Crippen molar-refractivity contribution in [3.63, 3.8) is 0 Å². The Morgan fingerprint density at radius 3 is 1.29 bits per heavy atom. The molecule has 0 aromatic heterocycles. The first-order valence-electron chi connectivity index (χ1n) is 20.3. The molecular formula is C58H41N. The highest BCUT2D eigenvalue weighted by Gasteiger charge is 2.23. The van der Waals surface area contributed by atoms with Crippen molar-refractivity contribution in [2.75, 3.05) is 4.90 Å². The van der Waals surface area contributed by atoms with Crippen LogP contribution in [0.25, 0.3) is 77.5 Å². The molecule has 0 saturated heterocycles. The summed E-state index contributed by atoms with van der Waals surface area (Å²) in [7, 11) is 0. The molecule has 0 saturated carbocycles. The molecule has 1 nitrogen and oxygen atoms in total. The molecule has 0 fully saturated rings. The molecule has 0 unspecified atom stereocenters. The van der Waals surface area contributed by atoms with E-state index in [-0.39, 0.29) is 0 Å². The van der Waals surface area contributed by atoms with E-state index in [0.717, 1.165) is 22.6 Å². The third-order valence-corrected chi connectivity index (χ3v) is 11.3. The number of benzene rings is 10. The van der Waals surface area contributed by atoms with Gasteiger partial charge in [0.15, 0.2) is 0 Å². The summed E-state index contributed by atoms with van der Waals surface area (Å²) in [5.41, 5.74) is 17.5. The highest BCUT2D eigenvalue weighted by molar-refractivity contribution is 6.03. The second-order valence-corrected chi connectivity index (χ2v) is 14.9. The van der Waals surface area contributed by atoms with Crippen LogP contribution < -0.4 is 4.90 Å². The average molecular weight is 752 g/mol. The number of hydrogen-bond donors (Lipinski definition) is 0. The van der Waals surface area contributed by atoms with Gasteiger partial charge in [-0.05, 0) is 108 Å². The van der Waals surface area contributed by atoms with Crippen molar-refractivity contribution in [2.24, 2.45) is 0 Å². The number of anilines is 3. The van der Waals surface area contributed by atoms with E-state index < -0.39 is 0 Å². The highest BCUT2D eigenvalue weighted by Crippen LogP contribution is 2.48. The number of hydrogen-bond acceptors (Lipinski definition) is 1. The summed E-state index contributed by atoms with van der Waals surface area (Å²) in [6.07, 6.45) is 0. The van der Waals surface area contributed by atoms with Gasteiger partial charge in [-0.1, -0.05) is 212 Å². The van der Waals surface area contributed by atoms with Gasteiger partial charge in [-0.25, -0.2) is 0 Å². The third kappa shape index (κ3) is 7.12. The Morgan fingerprint density at radius 1 is 0.220 bits per heavy atom. The topological polar surface area (TPSA) is 3.24 Å². The van der Waals surface area contributed by atoms with Crippen LogP contribution in [0.4, 0.5) is 17.1 Å². The predicted molar refractivity (Wildman–Crippen MR) is 251 cm³/mol. The Morgan fingerprint density at radius 2 is 0.644 bits per heavy atom. The minimum absolute atomic E-state index is 1.08. The largest absolute Gasteiger partial charge is 0.310 e. The van der Waals surface area contributed by atoms with E-state index in [4.69, 9.17) is 0 Å². The van der Waals surface area contributed by atoms with Crippen LogP contribution in [-0.2, 0) is 0 Å². The summed E-state index contributed by atoms with van der Waals surface area (Å²) < 4.78 is 0. The first-order chi connectivity index (χ1) is 29.3. The van der Waals surface area contributed by atoms with Crippen LogP contribution in [0.1, 0.15) is 0 Å². The SMILES string of the molecule is c1ccc(-c2ccc(N(c3ccc(-c4ccc5ccccc5c4)cc3)c3ccccc3-c3cccc(-c4ccccc4)c3-c3ccccc3-c3ccccc3)cc2)cc1. The van der Waals surface area contributed by atoms with Gasteiger partial charge in [0.25, 0.3) is 0 Å². The van der Waals surface area contributed by atoms with E-state index in [9.17, 15) is 0 Å². The molecule has 278 valence electrons. The van der Waals surface area contributed by atoms with E-state index >= 15 is 0 Å². The van der Waals surface area contributed by atoms with Gasteiger partial charge >= 0.3 is 0 Å². The van der Waals surface area contributed by atoms with Crippen LogP contribution in [0.2, 0.25) is 0 Å². The summed E-state index contributed by atoms with van der Waals surface area (Å²) in [5, 5.41) is 2.49. The Bertz CT molecular complexity index is 3000. The van der Waals surface area contributed by atoms with Gasteiger partial charge in [-0.2, -0.15) is 0 Å².